The summed E-state index contributed by atoms with van der Waals surface area (Å²) in [7, 11) is 1.84. The standard InChI is InChI=1S/C12H15N3O3/c1-14-5-8-2-3-10-9(4-8)15(6-11(13)16)12(17)7-18-10/h2-4,14H,5-7H2,1H3,(H2,13,16). The molecule has 0 unspecified atom stereocenters. The van der Waals surface area contributed by atoms with E-state index in [-0.39, 0.29) is 19.1 Å². The van der Waals surface area contributed by atoms with E-state index in [1.807, 2.05) is 19.2 Å². The number of hydrogen-bond donors (Lipinski definition) is 2. The van der Waals surface area contributed by atoms with Gasteiger partial charge in [-0.25, -0.2) is 0 Å². The fourth-order valence-corrected chi connectivity index (χ4v) is 1.89. The molecule has 1 aromatic rings. The fraction of sp³-hybridized carbons (Fsp3) is 0.333. The van der Waals surface area contributed by atoms with Gasteiger partial charge in [-0.3, -0.25) is 14.5 Å². The van der Waals surface area contributed by atoms with Crippen molar-refractivity contribution in [2.75, 3.05) is 25.1 Å². The first-order chi connectivity index (χ1) is 8.61. The number of rotatable bonds is 4. The molecule has 0 atom stereocenters. The predicted octanol–water partition coefficient (Wildman–Crippen LogP) is -0.383. The van der Waals surface area contributed by atoms with Crippen molar-refractivity contribution in [1.82, 2.24) is 5.32 Å². The van der Waals surface area contributed by atoms with E-state index >= 15 is 0 Å². The summed E-state index contributed by atoms with van der Waals surface area (Å²) in [6.07, 6.45) is 0. The molecule has 0 saturated heterocycles. The van der Waals surface area contributed by atoms with Gasteiger partial charge in [0.25, 0.3) is 5.91 Å². The maximum Gasteiger partial charge on any atom is 0.265 e. The normalized spacial score (nSPS) is 14.1. The van der Waals surface area contributed by atoms with E-state index in [0.717, 1.165) is 5.56 Å². The van der Waals surface area contributed by atoms with Gasteiger partial charge in [0.2, 0.25) is 5.91 Å². The number of carbonyl (C=O) groups is 2. The third-order valence-corrected chi connectivity index (χ3v) is 2.66. The predicted molar refractivity (Wildman–Crippen MR) is 66.2 cm³/mol. The lowest BCUT2D eigenvalue weighted by atomic mass is 10.1. The Morgan fingerprint density at radius 1 is 1.56 bits per heavy atom. The van der Waals surface area contributed by atoms with Gasteiger partial charge in [-0.15, -0.1) is 0 Å². The molecule has 3 N–H and O–H groups in total. The van der Waals surface area contributed by atoms with E-state index in [2.05, 4.69) is 5.32 Å². The van der Waals surface area contributed by atoms with Crippen molar-refractivity contribution >= 4 is 17.5 Å². The number of nitrogens with two attached hydrogens (primary N) is 1. The molecule has 18 heavy (non-hydrogen) atoms. The van der Waals surface area contributed by atoms with Crippen molar-refractivity contribution in [3.8, 4) is 5.75 Å². The van der Waals surface area contributed by atoms with Crippen LogP contribution in [0.15, 0.2) is 18.2 Å². The number of nitrogens with one attached hydrogen (secondary N) is 1. The minimum Gasteiger partial charge on any atom is -0.482 e. The first-order valence-electron chi connectivity index (χ1n) is 5.61. The van der Waals surface area contributed by atoms with Crippen LogP contribution < -0.4 is 20.7 Å². The van der Waals surface area contributed by atoms with Crippen LogP contribution in [0.25, 0.3) is 0 Å². The van der Waals surface area contributed by atoms with Crippen molar-refractivity contribution in [3.63, 3.8) is 0 Å². The molecule has 0 aromatic heterocycles. The Morgan fingerprint density at radius 3 is 3.00 bits per heavy atom. The summed E-state index contributed by atoms with van der Waals surface area (Å²) < 4.78 is 5.32. The van der Waals surface area contributed by atoms with E-state index in [9.17, 15) is 9.59 Å². The van der Waals surface area contributed by atoms with Gasteiger partial charge in [0, 0.05) is 6.54 Å². The van der Waals surface area contributed by atoms with Crippen molar-refractivity contribution < 1.29 is 14.3 Å². The van der Waals surface area contributed by atoms with Gasteiger partial charge in [0.05, 0.1) is 5.69 Å². The second-order valence-corrected chi connectivity index (χ2v) is 4.07. The average Bonchev–Trinajstić information content (AvgIpc) is 2.33. The monoisotopic (exact) mass is 249 g/mol. The zero-order chi connectivity index (χ0) is 13.1. The van der Waals surface area contributed by atoms with Gasteiger partial charge < -0.3 is 15.8 Å². The number of anilines is 1. The van der Waals surface area contributed by atoms with E-state index in [1.165, 1.54) is 4.90 Å². The van der Waals surface area contributed by atoms with Crippen LogP contribution in [-0.2, 0) is 16.1 Å². The molecule has 6 heteroatoms. The molecule has 6 nitrogen and oxygen atoms in total. The third-order valence-electron chi connectivity index (χ3n) is 2.66. The van der Waals surface area contributed by atoms with E-state index < -0.39 is 5.91 Å². The number of fused-ring (bicyclic) bond motifs is 1. The van der Waals surface area contributed by atoms with Crippen LogP contribution in [0.3, 0.4) is 0 Å². The second kappa shape index (κ2) is 5.05. The molecule has 2 amide bonds. The highest BCUT2D eigenvalue weighted by Gasteiger charge is 2.26. The molecule has 0 spiro atoms. The largest absolute Gasteiger partial charge is 0.482 e. The highest BCUT2D eigenvalue weighted by atomic mass is 16.5. The van der Waals surface area contributed by atoms with Crippen molar-refractivity contribution in [3.05, 3.63) is 23.8 Å². The summed E-state index contributed by atoms with van der Waals surface area (Å²) in [5, 5.41) is 3.02. The minimum absolute atomic E-state index is 0.0638. The summed E-state index contributed by atoms with van der Waals surface area (Å²) in [6, 6.07) is 5.53. The molecule has 0 radical (unpaired) electrons. The molecule has 0 fully saturated rings. The van der Waals surface area contributed by atoms with Crippen LogP contribution >= 0.6 is 0 Å². The maximum absolute atomic E-state index is 11.7. The number of nitrogens with zero attached hydrogens (tertiary/aromatic N) is 1. The van der Waals surface area contributed by atoms with Crippen LogP contribution in [0.4, 0.5) is 5.69 Å². The van der Waals surface area contributed by atoms with E-state index in [1.54, 1.807) is 6.07 Å². The number of ether oxygens (including phenoxy) is 1. The Bertz CT molecular complexity index is 487. The molecule has 1 aliphatic heterocycles. The smallest absolute Gasteiger partial charge is 0.265 e. The molecule has 2 rings (SSSR count). The summed E-state index contributed by atoms with van der Waals surface area (Å²) >= 11 is 0. The first kappa shape index (κ1) is 12.4. The zero-order valence-electron chi connectivity index (χ0n) is 10.1. The van der Waals surface area contributed by atoms with E-state index in [4.69, 9.17) is 10.5 Å². The Hall–Kier alpha value is -2.08. The molecular formula is C12H15N3O3. The van der Waals surface area contributed by atoms with Crippen LogP contribution in [0.2, 0.25) is 0 Å². The number of amides is 2. The highest BCUT2D eigenvalue weighted by molar-refractivity contribution is 6.01. The van der Waals surface area contributed by atoms with Crippen molar-refractivity contribution in [2.24, 2.45) is 5.73 Å². The number of benzene rings is 1. The molecular weight excluding hydrogens is 234 g/mol. The Kier molecular flexibility index (Phi) is 3.47. The lowest BCUT2D eigenvalue weighted by molar-refractivity contribution is -0.124. The quantitative estimate of drug-likeness (QED) is 0.761. The lowest BCUT2D eigenvalue weighted by Crippen LogP contribution is -2.43. The van der Waals surface area contributed by atoms with E-state index in [0.29, 0.717) is 18.0 Å². The van der Waals surface area contributed by atoms with Gasteiger partial charge in [-0.05, 0) is 24.7 Å². The fourth-order valence-electron chi connectivity index (χ4n) is 1.89. The highest BCUT2D eigenvalue weighted by Crippen LogP contribution is 2.32. The van der Waals surface area contributed by atoms with Crippen LogP contribution in [0, 0.1) is 0 Å². The number of hydrogen-bond acceptors (Lipinski definition) is 4. The summed E-state index contributed by atoms with van der Waals surface area (Å²) in [5.74, 6) is -0.214. The lowest BCUT2D eigenvalue weighted by Gasteiger charge is -2.28. The van der Waals surface area contributed by atoms with Gasteiger partial charge in [0.1, 0.15) is 12.3 Å². The Morgan fingerprint density at radius 2 is 2.33 bits per heavy atom. The second-order valence-electron chi connectivity index (χ2n) is 4.07. The van der Waals surface area contributed by atoms with Crippen molar-refractivity contribution in [1.29, 1.82) is 0 Å². The molecule has 1 heterocycles. The summed E-state index contributed by atoms with van der Waals surface area (Å²) in [5.41, 5.74) is 6.75. The first-order valence-corrected chi connectivity index (χ1v) is 5.61. The molecule has 0 saturated carbocycles. The van der Waals surface area contributed by atoms with Crippen LogP contribution in [-0.4, -0.2) is 32.0 Å². The Balaban J connectivity index is 2.36. The number of primary amides is 1. The van der Waals surface area contributed by atoms with Crippen LogP contribution in [0.1, 0.15) is 5.56 Å². The topological polar surface area (TPSA) is 84.7 Å². The minimum atomic E-state index is -0.546. The van der Waals surface area contributed by atoms with Gasteiger partial charge >= 0.3 is 0 Å². The van der Waals surface area contributed by atoms with Gasteiger partial charge in [0.15, 0.2) is 6.61 Å². The Labute approximate surface area is 105 Å². The maximum atomic E-state index is 11.7. The van der Waals surface area contributed by atoms with Gasteiger partial charge in [-0.1, -0.05) is 6.07 Å². The summed E-state index contributed by atoms with van der Waals surface area (Å²) in [6.45, 7) is 0.482. The SMILES string of the molecule is CNCc1ccc2c(c1)N(CC(N)=O)C(=O)CO2. The summed E-state index contributed by atoms with van der Waals surface area (Å²) in [4.78, 5) is 24.1. The molecule has 96 valence electrons. The van der Waals surface area contributed by atoms with Crippen molar-refractivity contribution in [2.45, 2.75) is 6.54 Å². The molecule has 0 bridgehead atoms. The molecule has 1 aromatic carbocycles. The molecule has 0 aliphatic carbocycles. The average molecular weight is 249 g/mol. The third kappa shape index (κ3) is 2.43. The number of carbonyl (C=O) groups excluding carboxylic acids is 2. The van der Waals surface area contributed by atoms with Crippen LogP contribution in [0.5, 0.6) is 5.75 Å². The van der Waals surface area contributed by atoms with Gasteiger partial charge in [-0.2, -0.15) is 0 Å². The zero-order valence-corrected chi connectivity index (χ0v) is 10.1. The molecule has 1 aliphatic rings.